The predicted octanol–water partition coefficient (Wildman–Crippen LogP) is 6.46. The summed E-state index contributed by atoms with van der Waals surface area (Å²) in [5.41, 5.74) is 1.74. The van der Waals surface area contributed by atoms with Crippen molar-refractivity contribution >= 4 is 51.1 Å². The maximum absolute atomic E-state index is 16.5. The smallest absolute Gasteiger partial charge is 0.312 e. The van der Waals surface area contributed by atoms with E-state index >= 15 is 5.21 Å². The van der Waals surface area contributed by atoms with Crippen LogP contribution < -0.4 is 4.90 Å². The molecular weight excluding hydrogens is 713 g/mol. The molecule has 2 aliphatic carbocycles. The van der Waals surface area contributed by atoms with Crippen LogP contribution in [0.1, 0.15) is 42.5 Å². The Morgan fingerprint density at radius 1 is 0.607 bits per heavy atom. The zero-order valence-corrected chi connectivity index (χ0v) is 31.5. The van der Waals surface area contributed by atoms with E-state index in [4.69, 9.17) is 18.9 Å². The highest BCUT2D eigenvalue weighted by atomic mass is 16.7. The first-order valence-corrected chi connectivity index (χ1v) is 18.9. The summed E-state index contributed by atoms with van der Waals surface area (Å²) in [5, 5.41) is 21.7. The molecule has 0 N–H and O–H groups in total. The lowest BCUT2D eigenvalue weighted by Gasteiger charge is -2.48. The fourth-order valence-corrected chi connectivity index (χ4v) is 11.4. The molecule has 8 atom stereocenters. The Bertz CT molecular complexity index is 2420. The molecule has 4 aliphatic rings. The van der Waals surface area contributed by atoms with Crippen molar-refractivity contribution in [1.82, 2.24) is 5.06 Å². The summed E-state index contributed by atoms with van der Waals surface area (Å²) < 4.78 is 21.2. The van der Waals surface area contributed by atoms with Gasteiger partial charge in [0.15, 0.2) is 0 Å². The summed E-state index contributed by atoms with van der Waals surface area (Å²) in [5.74, 6) is -6.79. The van der Waals surface area contributed by atoms with Crippen LogP contribution in [-0.2, 0) is 54.4 Å². The molecule has 11 heteroatoms. The maximum atomic E-state index is 16.5. The lowest BCUT2D eigenvalue weighted by Crippen LogP contribution is -2.52. The minimum atomic E-state index is -1.31. The van der Waals surface area contributed by atoms with Gasteiger partial charge in [-0.3, -0.25) is 19.2 Å². The number of esters is 4. The van der Waals surface area contributed by atoms with Crippen LogP contribution in [-0.4, -0.2) is 56.6 Å². The fourth-order valence-electron chi connectivity index (χ4n) is 11.4. The van der Waals surface area contributed by atoms with Gasteiger partial charge in [0.05, 0.1) is 11.8 Å². The van der Waals surface area contributed by atoms with Crippen LogP contribution in [0.2, 0.25) is 0 Å². The largest absolute Gasteiger partial charge is 0.428 e. The van der Waals surface area contributed by atoms with Gasteiger partial charge in [-0.1, -0.05) is 91.0 Å². The average Bonchev–Trinajstić information content (AvgIpc) is 3.90. The van der Waals surface area contributed by atoms with Crippen LogP contribution in [0.5, 0.6) is 0 Å². The van der Waals surface area contributed by atoms with Gasteiger partial charge in [-0.05, 0) is 86.0 Å². The van der Waals surface area contributed by atoms with E-state index in [1.165, 1.54) is 18.9 Å². The second kappa shape index (κ2) is 13.2. The minimum Gasteiger partial charge on any atom is -0.428 e. The maximum Gasteiger partial charge on any atom is 0.312 e. The van der Waals surface area contributed by atoms with Crippen LogP contribution in [0.25, 0.3) is 21.5 Å². The third-order valence-electron chi connectivity index (χ3n) is 13.0. The molecule has 2 saturated carbocycles. The number of nitrogens with zero attached hydrogens (tertiary/aromatic N) is 2. The van der Waals surface area contributed by atoms with Crippen molar-refractivity contribution in [2.24, 2.45) is 35.5 Å². The molecule has 4 bridgehead atoms. The summed E-state index contributed by atoms with van der Waals surface area (Å²) in [4.78, 5) is 54.0. The van der Waals surface area contributed by atoms with Gasteiger partial charge in [0.1, 0.15) is 11.1 Å². The molecule has 11 nitrogen and oxygen atoms in total. The molecule has 0 aromatic heterocycles. The minimum absolute atomic E-state index is 0.430. The third kappa shape index (κ3) is 4.76. The zero-order chi connectivity index (χ0) is 39.1. The van der Waals surface area contributed by atoms with E-state index in [1.54, 1.807) is 0 Å². The number of rotatable bonds is 9. The van der Waals surface area contributed by atoms with Crippen LogP contribution in [0.4, 0.5) is 5.69 Å². The van der Waals surface area contributed by atoms with Gasteiger partial charge in [-0.15, -0.1) is 10.3 Å². The molecule has 1 radical (unpaired) electrons. The molecule has 285 valence electrons. The summed E-state index contributed by atoms with van der Waals surface area (Å²) in [6.45, 7) is 1.18. The molecule has 0 spiro atoms. The highest BCUT2D eigenvalue weighted by Gasteiger charge is 2.84. The number of fused-ring (bicyclic) bond motifs is 17. The van der Waals surface area contributed by atoms with E-state index in [-0.39, 0.29) is 0 Å². The molecule has 6 unspecified atom stereocenters. The molecular formula is C45H41N2O9. The Labute approximate surface area is 323 Å². The van der Waals surface area contributed by atoms with Crippen molar-refractivity contribution in [3.05, 3.63) is 125 Å². The van der Waals surface area contributed by atoms with Gasteiger partial charge < -0.3 is 23.8 Å². The Morgan fingerprint density at radius 3 is 1.54 bits per heavy atom. The number of anilines is 1. The van der Waals surface area contributed by atoms with Crippen LogP contribution in [0.3, 0.4) is 0 Å². The molecule has 5 aromatic rings. The highest BCUT2D eigenvalue weighted by molar-refractivity contribution is 6.13. The van der Waals surface area contributed by atoms with E-state index in [0.29, 0.717) is 6.42 Å². The number of hydroxylamine groups is 2. The predicted molar refractivity (Wildman–Crippen MR) is 204 cm³/mol. The first kappa shape index (κ1) is 35.9. The number of carbonyl (C=O) groups is 4. The standard InChI is InChI=1S/C45H41N2O9/c1-25(48)53-23-55-42(50)36-34-22-35(37(36)43(51)56-24-54-26(2)49)41-40(34)44(27-13-7-5-8-14-27)38-32-18-12-11-17-30(32)31-20-19-29(46(3)4)21-33(31)39(38)45(41,47(44)52)28-15-9-6-10-16-28/h5-21,34-37,40-41H,22-24H2,1-4H3/t34?,35?,36-,37-,40?,41?,44?,45?/m1/s1. The van der Waals surface area contributed by atoms with E-state index in [2.05, 4.69) is 30.3 Å². The van der Waals surface area contributed by atoms with Crippen LogP contribution >= 0.6 is 0 Å². The van der Waals surface area contributed by atoms with Gasteiger partial charge >= 0.3 is 23.9 Å². The highest BCUT2D eigenvalue weighted by Crippen LogP contribution is 2.81. The van der Waals surface area contributed by atoms with Crippen molar-refractivity contribution in [2.75, 3.05) is 32.6 Å². The fraction of sp³-hybridized carbons (Fsp3) is 0.333. The lowest BCUT2D eigenvalue weighted by molar-refractivity contribution is -0.246. The summed E-state index contributed by atoms with van der Waals surface area (Å²) in [6, 6.07) is 34.2. The van der Waals surface area contributed by atoms with Crippen LogP contribution in [0, 0.1) is 35.5 Å². The number of hydrogen-bond donors (Lipinski definition) is 0. The molecule has 2 aliphatic heterocycles. The van der Waals surface area contributed by atoms with Crippen molar-refractivity contribution in [3.8, 4) is 0 Å². The van der Waals surface area contributed by atoms with E-state index < -0.39 is 84.0 Å². The molecule has 2 heterocycles. The van der Waals surface area contributed by atoms with Crippen molar-refractivity contribution in [1.29, 1.82) is 0 Å². The Hall–Kier alpha value is -5.78. The monoisotopic (exact) mass is 753 g/mol. The van der Waals surface area contributed by atoms with Crippen molar-refractivity contribution in [3.63, 3.8) is 0 Å². The van der Waals surface area contributed by atoms with Crippen molar-refractivity contribution < 1.29 is 43.3 Å². The molecule has 1 saturated heterocycles. The SMILES string of the molecule is CC(=O)OCOC(=O)[C@@H]1C2CC(C3C2C2(c4ccccc4)c4c(c5cc(N(C)C)ccc5c5ccccc45)C3(c3ccccc3)N2[O])[C@H]1C(=O)OCOC(C)=O. The molecule has 9 rings (SSSR count). The number of hydrogen-bond acceptors (Lipinski definition) is 10. The normalized spacial score (nSPS) is 28.2. The van der Waals surface area contributed by atoms with E-state index in [0.717, 1.165) is 49.5 Å². The van der Waals surface area contributed by atoms with E-state index in [9.17, 15) is 19.2 Å². The third-order valence-corrected chi connectivity index (χ3v) is 13.0. The Kier molecular flexibility index (Phi) is 8.44. The van der Waals surface area contributed by atoms with Gasteiger partial charge in [0.25, 0.3) is 0 Å². The Balaban J connectivity index is 1.38. The quantitative estimate of drug-likeness (QED) is 0.0939. The first-order chi connectivity index (χ1) is 27.0. The van der Waals surface area contributed by atoms with Crippen molar-refractivity contribution in [2.45, 2.75) is 31.3 Å². The average molecular weight is 754 g/mol. The summed E-state index contributed by atoms with van der Waals surface area (Å²) >= 11 is 0. The topological polar surface area (TPSA) is 132 Å². The second-order valence-electron chi connectivity index (χ2n) is 15.6. The van der Waals surface area contributed by atoms with Gasteiger partial charge in [0, 0.05) is 33.6 Å². The van der Waals surface area contributed by atoms with Gasteiger partial charge in [-0.2, -0.15) is 0 Å². The van der Waals surface area contributed by atoms with Gasteiger partial charge in [-0.25, -0.2) is 0 Å². The van der Waals surface area contributed by atoms with Gasteiger partial charge in [0.2, 0.25) is 13.6 Å². The molecule has 5 aromatic carbocycles. The van der Waals surface area contributed by atoms with E-state index in [1.807, 2.05) is 91.8 Å². The number of benzene rings is 5. The molecule has 3 fully saturated rings. The first-order valence-electron chi connectivity index (χ1n) is 18.9. The molecule has 56 heavy (non-hydrogen) atoms. The Morgan fingerprint density at radius 2 is 1.05 bits per heavy atom. The summed E-state index contributed by atoms with van der Waals surface area (Å²) in [7, 11) is 3.98. The number of carbonyl (C=O) groups excluding carboxylic acids is 4. The summed E-state index contributed by atoms with van der Waals surface area (Å²) in [6.07, 6.45) is 0.430. The molecule has 0 amide bonds. The zero-order valence-electron chi connectivity index (χ0n) is 31.5. The lowest BCUT2D eigenvalue weighted by atomic mass is 9.52. The number of ether oxygens (including phenoxy) is 4. The van der Waals surface area contributed by atoms with Crippen LogP contribution in [0.15, 0.2) is 103 Å². The second-order valence-corrected chi connectivity index (χ2v) is 15.6.